The van der Waals surface area contributed by atoms with E-state index in [0.717, 1.165) is 14.7 Å². The van der Waals surface area contributed by atoms with Gasteiger partial charge < -0.3 is 4.90 Å². The van der Waals surface area contributed by atoms with Gasteiger partial charge in [0, 0.05) is 31.1 Å². The normalized spacial score (nSPS) is 11.6. The molecule has 7 heteroatoms. The lowest BCUT2D eigenvalue weighted by Gasteiger charge is -2.22. The Morgan fingerprint density at radius 3 is 2.50 bits per heavy atom. The molecule has 2 rings (SSSR count). The monoisotopic (exact) mass is 392 g/mol. The van der Waals surface area contributed by atoms with Crippen LogP contribution in [0.15, 0.2) is 47.2 Å². The van der Waals surface area contributed by atoms with E-state index in [1.54, 1.807) is 35.3 Å². The third kappa shape index (κ3) is 4.23. The van der Waals surface area contributed by atoms with Crippen molar-refractivity contribution in [2.45, 2.75) is 25.3 Å². The Balaban J connectivity index is 2.47. The quantitative estimate of drug-likeness (QED) is 0.678. The zero-order chi connectivity index (χ0) is 19.5. The summed E-state index contributed by atoms with van der Waals surface area (Å²) in [5.74, 6) is -0.211. The highest BCUT2D eigenvalue weighted by Gasteiger charge is 2.24. The van der Waals surface area contributed by atoms with Crippen LogP contribution in [0.25, 0.3) is 0 Å². The van der Waals surface area contributed by atoms with E-state index in [-0.39, 0.29) is 10.8 Å². The summed E-state index contributed by atoms with van der Waals surface area (Å²) in [5, 5.41) is 1.96. The molecule has 5 nitrogen and oxygen atoms in total. The summed E-state index contributed by atoms with van der Waals surface area (Å²) in [7, 11) is -0.658. The fourth-order valence-corrected chi connectivity index (χ4v) is 4.50. The van der Waals surface area contributed by atoms with Gasteiger partial charge in [-0.3, -0.25) is 4.79 Å². The number of carbonyl (C=O) groups excluding carboxylic acids is 1. The predicted molar refractivity (Wildman–Crippen MR) is 106 cm³/mol. The van der Waals surface area contributed by atoms with Crippen molar-refractivity contribution >= 4 is 27.3 Å². The SMILES string of the molecule is C=CCN(Cc1cccs1)C(=O)c1cc(C)c(C)c(S(=O)(=O)N(C)C)c1. The maximum Gasteiger partial charge on any atom is 0.254 e. The van der Waals surface area contributed by atoms with Gasteiger partial charge in [-0.15, -0.1) is 17.9 Å². The van der Waals surface area contributed by atoms with E-state index in [9.17, 15) is 13.2 Å². The van der Waals surface area contributed by atoms with Crippen LogP contribution in [-0.2, 0) is 16.6 Å². The third-order valence-electron chi connectivity index (χ3n) is 4.19. The number of carbonyl (C=O) groups is 1. The van der Waals surface area contributed by atoms with E-state index in [1.807, 2.05) is 24.4 Å². The van der Waals surface area contributed by atoms with E-state index in [2.05, 4.69) is 6.58 Å². The molecule has 0 aliphatic carbocycles. The first-order chi connectivity index (χ1) is 12.2. The number of sulfonamides is 1. The van der Waals surface area contributed by atoms with Gasteiger partial charge in [0.05, 0.1) is 11.4 Å². The molecule has 1 aromatic heterocycles. The van der Waals surface area contributed by atoms with E-state index >= 15 is 0 Å². The Morgan fingerprint density at radius 2 is 1.96 bits per heavy atom. The molecule has 0 bridgehead atoms. The molecule has 1 amide bonds. The number of hydrogen-bond acceptors (Lipinski definition) is 4. The number of nitrogens with zero attached hydrogens (tertiary/aromatic N) is 2. The Labute approximate surface area is 159 Å². The van der Waals surface area contributed by atoms with Crippen LogP contribution in [0.2, 0.25) is 0 Å². The van der Waals surface area contributed by atoms with Gasteiger partial charge in [0.25, 0.3) is 5.91 Å². The van der Waals surface area contributed by atoms with Gasteiger partial charge in [-0.1, -0.05) is 12.1 Å². The van der Waals surface area contributed by atoms with Crippen molar-refractivity contribution in [2.75, 3.05) is 20.6 Å². The number of hydrogen-bond donors (Lipinski definition) is 0. The van der Waals surface area contributed by atoms with Gasteiger partial charge in [0.1, 0.15) is 0 Å². The highest BCUT2D eigenvalue weighted by molar-refractivity contribution is 7.89. The topological polar surface area (TPSA) is 57.7 Å². The zero-order valence-corrected chi connectivity index (χ0v) is 17.2. The standard InChI is InChI=1S/C19H24N2O3S2/c1-6-9-21(13-17-8-7-10-25-17)19(22)16-11-14(2)15(3)18(12-16)26(23,24)20(4)5/h6-8,10-12H,1,9,13H2,2-5H3. The molecule has 1 heterocycles. The summed E-state index contributed by atoms with van der Waals surface area (Å²) < 4.78 is 26.4. The van der Waals surface area contributed by atoms with Crippen molar-refractivity contribution < 1.29 is 13.2 Å². The van der Waals surface area contributed by atoms with Crippen LogP contribution in [0.1, 0.15) is 26.4 Å². The van der Waals surface area contributed by atoms with E-state index < -0.39 is 10.0 Å². The number of benzene rings is 1. The van der Waals surface area contributed by atoms with E-state index in [0.29, 0.717) is 24.2 Å². The molecule has 0 spiro atoms. The molecule has 0 radical (unpaired) electrons. The lowest BCUT2D eigenvalue weighted by atomic mass is 10.1. The second kappa shape index (κ2) is 8.16. The largest absolute Gasteiger partial charge is 0.330 e. The zero-order valence-electron chi connectivity index (χ0n) is 15.5. The second-order valence-electron chi connectivity index (χ2n) is 6.26. The van der Waals surface area contributed by atoms with Gasteiger partial charge in [-0.2, -0.15) is 0 Å². The molecule has 0 atom stereocenters. The molecule has 0 unspecified atom stereocenters. The van der Waals surface area contributed by atoms with Gasteiger partial charge in [0.2, 0.25) is 10.0 Å². The first kappa shape index (κ1) is 20.4. The van der Waals surface area contributed by atoms with Crippen LogP contribution < -0.4 is 0 Å². The van der Waals surface area contributed by atoms with Crippen LogP contribution in [0.4, 0.5) is 0 Å². The minimum Gasteiger partial charge on any atom is -0.330 e. The van der Waals surface area contributed by atoms with Crippen LogP contribution in [0, 0.1) is 13.8 Å². The highest BCUT2D eigenvalue weighted by atomic mass is 32.2. The molecule has 0 N–H and O–H groups in total. The van der Waals surface area contributed by atoms with Crippen molar-refractivity contribution in [1.29, 1.82) is 0 Å². The van der Waals surface area contributed by atoms with Crippen LogP contribution in [-0.4, -0.2) is 44.2 Å². The highest BCUT2D eigenvalue weighted by Crippen LogP contribution is 2.24. The van der Waals surface area contributed by atoms with Crippen LogP contribution >= 0.6 is 11.3 Å². The summed E-state index contributed by atoms with van der Waals surface area (Å²) >= 11 is 1.58. The predicted octanol–water partition coefficient (Wildman–Crippen LogP) is 3.44. The average Bonchev–Trinajstić information content (AvgIpc) is 3.09. The summed E-state index contributed by atoms with van der Waals surface area (Å²) in [4.78, 5) is 15.9. The van der Waals surface area contributed by atoms with Gasteiger partial charge in [-0.05, 0) is 48.6 Å². The first-order valence-corrected chi connectivity index (χ1v) is 10.5. The molecule has 0 aliphatic rings. The van der Waals surface area contributed by atoms with E-state index in [4.69, 9.17) is 0 Å². The fourth-order valence-electron chi connectivity index (χ4n) is 2.56. The van der Waals surface area contributed by atoms with Gasteiger partial charge in [0.15, 0.2) is 0 Å². The summed E-state index contributed by atoms with van der Waals surface area (Å²) in [5.41, 5.74) is 1.79. The molecular weight excluding hydrogens is 368 g/mol. The number of aryl methyl sites for hydroxylation is 1. The molecular formula is C19H24N2O3S2. The summed E-state index contributed by atoms with van der Waals surface area (Å²) in [6.45, 7) is 8.15. The van der Waals surface area contributed by atoms with Crippen molar-refractivity contribution in [3.63, 3.8) is 0 Å². The molecule has 2 aromatic rings. The summed E-state index contributed by atoms with van der Waals surface area (Å²) in [6.07, 6.45) is 1.67. The molecule has 0 saturated heterocycles. The Kier molecular flexibility index (Phi) is 6.39. The second-order valence-corrected chi connectivity index (χ2v) is 9.41. The molecule has 140 valence electrons. The Morgan fingerprint density at radius 1 is 1.27 bits per heavy atom. The minimum absolute atomic E-state index is 0.167. The summed E-state index contributed by atoms with van der Waals surface area (Å²) in [6, 6.07) is 7.13. The maximum absolute atomic E-state index is 13.0. The lowest BCUT2D eigenvalue weighted by molar-refractivity contribution is 0.0764. The lowest BCUT2D eigenvalue weighted by Crippen LogP contribution is -2.31. The molecule has 0 saturated carbocycles. The third-order valence-corrected chi connectivity index (χ3v) is 6.99. The average molecular weight is 393 g/mol. The molecule has 0 fully saturated rings. The smallest absolute Gasteiger partial charge is 0.254 e. The van der Waals surface area contributed by atoms with Crippen molar-refractivity contribution in [1.82, 2.24) is 9.21 Å². The van der Waals surface area contributed by atoms with Gasteiger partial charge >= 0.3 is 0 Å². The van der Waals surface area contributed by atoms with Crippen molar-refractivity contribution in [3.8, 4) is 0 Å². The Bertz CT molecular complexity index is 901. The van der Waals surface area contributed by atoms with Crippen molar-refractivity contribution in [3.05, 3.63) is 63.9 Å². The van der Waals surface area contributed by atoms with Gasteiger partial charge in [-0.25, -0.2) is 12.7 Å². The number of thiophene rings is 1. The van der Waals surface area contributed by atoms with Crippen molar-refractivity contribution in [2.24, 2.45) is 0 Å². The van der Waals surface area contributed by atoms with Crippen LogP contribution in [0.5, 0.6) is 0 Å². The maximum atomic E-state index is 13.0. The van der Waals surface area contributed by atoms with Crippen LogP contribution in [0.3, 0.4) is 0 Å². The Hall–Kier alpha value is -1.96. The molecule has 1 aromatic carbocycles. The minimum atomic E-state index is -3.63. The number of amides is 1. The van der Waals surface area contributed by atoms with E-state index in [1.165, 1.54) is 20.2 Å². The first-order valence-electron chi connectivity index (χ1n) is 8.14. The fraction of sp³-hybridized carbons (Fsp3) is 0.316. The number of rotatable bonds is 7. The molecule has 26 heavy (non-hydrogen) atoms. The molecule has 0 aliphatic heterocycles.